The number of carbonyl (C=O) groups excluding carboxylic acids is 1. The molecule has 0 aliphatic rings. The van der Waals surface area contributed by atoms with Crippen molar-refractivity contribution >= 4 is 28.8 Å². The summed E-state index contributed by atoms with van der Waals surface area (Å²) >= 11 is 7.29. The van der Waals surface area contributed by atoms with Crippen LogP contribution in [-0.2, 0) is 6.54 Å². The molecule has 0 fully saturated rings. The number of aryl methyl sites for hydroxylation is 1. The van der Waals surface area contributed by atoms with Crippen LogP contribution in [0.4, 0.5) is 0 Å². The summed E-state index contributed by atoms with van der Waals surface area (Å²) in [5.74, 6) is -0.0296. The number of hydrogen-bond acceptors (Lipinski definition) is 2. The van der Waals surface area contributed by atoms with Crippen molar-refractivity contribution in [2.45, 2.75) is 13.5 Å². The van der Waals surface area contributed by atoms with E-state index in [1.165, 1.54) is 11.3 Å². The van der Waals surface area contributed by atoms with Crippen molar-refractivity contribution < 1.29 is 4.79 Å². The predicted octanol–water partition coefficient (Wildman–Crippen LogP) is 3.64. The van der Waals surface area contributed by atoms with E-state index in [1.54, 1.807) is 0 Å². The lowest BCUT2D eigenvalue weighted by Crippen LogP contribution is -2.21. The van der Waals surface area contributed by atoms with E-state index < -0.39 is 0 Å². The molecule has 0 aliphatic carbocycles. The fourth-order valence-corrected chi connectivity index (χ4v) is 2.34. The van der Waals surface area contributed by atoms with Crippen molar-refractivity contribution in [2.24, 2.45) is 0 Å². The molecule has 2 rings (SSSR count). The first-order chi connectivity index (χ1) is 8.15. The van der Waals surface area contributed by atoms with E-state index in [9.17, 15) is 4.79 Å². The number of nitrogens with one attached hydrogen (secondary N) is 1. The molecule has 0 bridgehead atoms. The maximum absolute atomic E-state index is 11.8. The van der Waals surface area contributed by atoms with Gasteiger partial charge >= 0.3 is 0 Å². The van der Waals surface area contributed by atoms with Crippen molar-refractivity contribution in [1.29, 1.82) is 0 Å². The van der Waals surface area contributed by atoms with Crippen LogP contribution in [0.2, 0.25) is 5.02 Å². The predicted molar refractivity (Wildman–Crippen MR) is 71.7 cm³/mol. The molecule has 4 heteroatoms. The lowest BCUT2D eigenvalue weighted by Gasteiger charge is -2.03. The smallest absolute Gasteiger partial charge is 0.261 e. The van der Waals surface area contributed by atoms with Crippen molar-refractivity contribution in [1.82, 2.24) is 5.32 Å². The van der Waals surface area contributed by atoms with E-state index >= 15 is 0 Å². The maximum atomic E-state index is 11.8. The highest BCUT2D eigenvalue weighted by molar-refractivity contribution is 7.13. The lowest BCUT2D eigenvalue weighted by molar-refractivity contribution is 0.0955. The molecule has 1 heterocycles. The quantitative estimate of drug-likeness (QED) is 0.902. The Morgan fingerprint density at radius 3 is 2.53 bits per heavy atom. The number of halogens is 1. The molecule has 0 unspecified atom stereocenters. The molecule has 88 valence electrons. The molecule has 2 nitrogen and oxygen atoms in total. The van der Waals surface area contributed by atoms with Crippen LogP contribution in [0, 0.1) is 6.92 Å². The number of rotatable bonds is 3. The van der Waals surface area contributed by atoms with Crippen molar-refractivity contribution in [2.75, 3.05) is 0 Å². The third-order valence-electron chi connectivity index (χ3n) is 2.33. The van der Waals surface area contributed by atoms with Gasteiger partial charge in [0.25, 0.3) is 5.91 Å². The molecule has 1 aromatic carbocycles. The second-order valence-corrected chi connectivity index (χ2v) is 5.44. The zero-order chi connectivity index (χ0) is 12.3. The van der Waals surface area contributed by atoms with E-state index in [0.29, 0.717) is 11.6 Å². The minimum atomic E-state index is -0.0296. The van der Waals surface area contributed by atoms with E-state index in [-0.39, 0.29) is 5.91 Å². The molecular formula is C13H12ClNOS. The Balaban J connectivity index is 1.94. The number of carbonyl (C=O) groups is 1. The average molecular weight is 266 g/mol. The summed E-state index contributed by atoms with van der Waals surface area (Å²) in [5, 5.41) is 3.58. The van der Waals surface area contributed by atoms with Crippen LogP contribution in [0.5, 0.6) is 0 Å². The summed E-state index contributed by atoms with van der Waals surface area (Å²) < 4.78 is 0. The second-order valence-electron chi connectivity index (χ2n) is 3.72. The van der Waals surface area contributed by atoms with Gasteiger partial charge in [-0.05, 0) is 36.8 Å². The van der Waals surface area contributed by atoms with Gasteiger partial charge in [0, 0.05) is 16.4 Å². The van der Waals surface area contributed by atoms with Gasteiger partial charge in [0.1, 0.15) is 0 Å². The van der Waals surface area contributed by atoms with E-state index in [4.69, 9.17) is 11.6 Å². The van der Waals surface area contributed by atoms with Gasteiger partial charge in [-0.25, -0.2) is 0 Å². The van der Waals surface area contributed by atoms with Gasteiger partial charge in [0.15, 0.2) is 0 Å². The molecule has 0 spiro atoms. The highest BCUT2D eigenvalue weighted by Crippen LogP contribution is 2.15. The standard InChI is InChI=1S/C13H12ClNOS/c1-9-2-7-12(17-9)13(16)15-8-10-3-5-11(14)6-4-10/h2-7H,8H2,1H3,(H,15,16). The summed E-state index contributed by atoms with van der Waals surface area (Å²) in [6.45, 7) is 2.51. The number of hydrogen-bond donors (Lipinski definition) is 1. The van der Waals surface area contributed by atoms with Gasteiger partial charge < -0.3 is 5.32 Å². The molecule has 0 saturated heterocycles. The number of amides is 1. The van der Waals surface area contributed by atoms with E-state index in [1.807, 2.05) is 43.3 Å². The average Bonchev–Trinajstić information content (AvgIpc) is 2.75. The number of benzene rings is 1. The third-order valence-corrected chi connectivity index (χ3v) is 3.58. The molecule has 1 amide bonds. The first-order valence-electron chi connectivity index (χ1n) is 5.24. The highest BCUT2D eigenvalue weighted by Gasteiger charge is 2.06. The molecular weight excluding hydrogens is 254 g/mol. The van der Waals surface area contributed by atoms with Crippen LogP contribution in [0.15, 0.2) is 36.4 Å². The van der Waals surface area contributed by atoms with Crippen LogP contribution in [0.1, 0.15) is 20.1 Å². The Labute approximate surface area is 109 Å². The largest absolute Gasteiger partial charge is 0.347 e. The molecule has 1 N–H and O–H groups in total. The van der Waals surface area contributed by atoms with E-state index in [2.05, 4.69) is 5.32 Å². The zero-order valence-corrected chi connectivity index (χ0v) is 10.9. The maximum Gasteiger partial charge on any atom is 0.261 e. The second kappa shape index (κ2) is 5.34. The van der Waals surface area contributed by atoms with Crippen molar-refractivity contribution in [3.8, 4) is 0 Å². The van der Waals surface area contributed by atoms with Crippen LogP contribution in [0.3, 0.4) is 0 Å². The molecule has 0 radical (unpaired) electrons. The Bertz CT molecular complexity index is 518. The molecule has 0 aliphatic heterocycles. The molecule has 1 aromatic heterocycles. The number of thiophene rings is 1. The van der Waals surface area contributed by atoms with Crippen molar-refractivity contribution in [3.63, 3.8) is 0 Å². The van der Waals surface area contributed by atoms with Crippen LogP contribution < -0.4 is 5.32 Å². The van der Waals surface area contributed by atoms with E-state index in [0.717, 1.165) is 15.3 Å². The minimum absolute atomic E-state index is 0.0296. The van der Waals surface area contributed by atoms with Gasteiger partial charge in [-0.15, -0.1) is 11.3 Å². The lowest BCUT2D eigenvalue weighted by atomic mass is 10.2. The summed E-state index contributed by atoms with van der Waals surface area (Å²) in [5.41, 5.74) is 1.04. The Kier molecular flexibility index (Phi) is 3.82. The van der Waals surface area contributed by atoms with Crippen LogP contribution in [-0.4, -0.2) is 5.91 Å². The summed E-state index contributed by atoms with van der Waals surface area (Å²) in [4.78, 5) is 13.7. The summed E-state index contributed by atoms with van der Waals surface area (Å²) in [7, 11) is 0. The fraction of sp³-hybridized carbons (Fsp3) is 0.154. The monoisotopic (exact) mass is 265 g/mol. The summed E-state index contributed by atoms with van der Waals surface area (Å²) in [6, 6.07) is 11.2. The topological polar surface area (TPSA) is 29.1 Å². The first kappa shape index (κ1) is 12.1. The Morgan fingerprint density at radius 2 is 1.94 bits per heavy atom. The highest BCUT2D eigenvalue weighted by atomic mass is 35.5. The van der Waals surface area contributed by atoms with Gasteiger partial charge in [0.2, 0.25) is 0 Å². The molecule has 0 saturated carbocycles. The zero-order valence-electron chi connectivity index (χ0n) is 9.37. The van der Waals surface area contributed by atoms with Gasteiger partial charge in [-0.1, -0.05) is 23.7 Å². The van der Waals surface area contributed by atoms with Gasteiger partial charge in [0.05, 0.1) is 4.88 Å². The molecule has 17 heavy (non-hydrogen) atoms. The summed E-state index contributed by atoms with van der Waals surface area (Å²) in [6.07, 6.45) is 0. The molecule has 0 atom stereocenters. The SMILES string of the molecule is Cc1ccc(C(=O)NCc2ccc(Cl)cc2)s1. The van der Waals surface area contributed by atoms with Crippen LogP contribution in [0.25, 0.3) is 0 Å². The van der Waals surface area contributed by atoms with Gasteiger partial charge in [-0.3, -0.25) is 4.79 Å². The Hall–Kier alpha value is -1.32. The van der Waals surface area contributed by atoms with Gasteiger partial charge in [-0.2, -0.15) is 0 Å². The van der Waals surface area contributed by atoms with Crippen molar-refractivity contribution in [3.05, 3.63) is 56.7 Å². The third kappa shape index (κ3) is 3.32. The minimum Gasteiger partial charge on any atom is -0.347 e. The Morgan fingerprint density at radius 1 is 1.24 bits per heavy atom. The molecule has 2 aromatic rings. The first-order valence-corrected chi connectivity index (χ1v) is 6.43. The fourth-order valence-electron chi connectivity index (χ4n) is 1.43. The van der Waals surface area contributed by atoms with Crippen LogP contribution >= 0.6 is 22.9 Å². The normalized spacial score (nSPS) is 10.2.